The number of unbranched alkanes of at least 4 members (excludes halogenated alkanes) is 20. The first-order valence-electron chi connectivity index (χ1n) is 17.9. The summed E-state index contributed by atoms with van der Waals surface area (Å²) < 4.78 is 0. The van der Waals surface area contributed by atoms with Crippen molar-refractivity contribution in [2.75, 3.05) is 0 Å². The molecule has 0 radical (unpaired) electrons. The van der Waals surface area contributed by atoms with Crippen molar-refractivity contribution in [3.8, 4) is 0 Å². The van der Waals surface area contributed by atoms with Gasteiger partial charge in [-0.05, 0) is 51.4 Å². The van der Waals surface area contributed by atoms with Crippen molar-refractivity contribution in [2.24, 2.45) is 0 Å². The van der Waals surface area contributed by atoms with E-state index in [4.69, 9.17) is 0 Å². The molecule has 0 fully saturated rings. The summed E-state index contributed by atoms with van der Waals surface area (Å²) in [7, 11) is 0. The van der Waals surface area contributed by atoms with E-state index in [-0.39, 0.29) is 46.7 Å². The summed E-state index contributed by atoms with van der Waals surface area (Å²) in [4.78, 5) is 39.9. The standard InChI is InChI=1S/4C9H18O2.Mo/c4*1-2-3-4-5-6-7-8-9(10)11;/h4*2-8H2,1H3,(H,10,11);/q;;;;+4/p-4. The van der Waals surface area contributed by atoms with E-state index in [1.54, 1.807) is 0 Å². The van der Waals surface area contributed by atoms with Crippen molar-refractivity contribution in [2.45, 2.75) is 207 Å². The second kappa shape index (κ2) is 49.4. The maximum atomic E-state index is 9.98. The number of aliphatic carboxylic acids is 4. The van der Waals surface area contributed by atoms with Gasteiger partial charge in [-0.2, -0.15) is 0 Å². The van der Waals surface area contributed by atoms with Crippen molar-refractivity contribution in [1.29, 1.82) is 0 Å². The Balaban J connectivity index is -0.000000157. The number of rotatable bonds is 28. The summed E-state index contributed by atoms with van der Waals surface area (Å²) in [6, 6.07) is 0. The van der Waals surface area contributed by atoms with E-state index in [1.807, 2.05) is 0 Å². The molecule has 0 N–H and O–H groups in total. The quantitative estimate of drug-likeness (QED) is 0.0708. The summed E-state index contributed by atoms with van der Waals surface area (Å²) in [5.74, 6) is -3.66. The van der Waals surface area contributed by atoms with Crippen molar-refractivity contribution in [3.63, 3.8) is 0 Å². The SMILES string of the molecule is CCCCCCCCC(=O)[O-].CCCCCCCCC(=O)[O-].CCCCCCCCC(=O)[O-].CCCCCCCCC(=O)[O-].[Mo+4]. The summed E-state index contributed by atoms with van der Waals surface area (Å²) in [5.41, 5.74) is 0. The molecule has 45 heavy (non-hydrogen) atoms. The van der Waals surface area contributed by atoms with Gasteiger partial charge in [0, 0.05) is 23.9 Å². The molecular formula is C36H68MoO8. The third-order valence-corrected chi connectivity index (χ3v) is 6.94. The van der Waals surface area contributed by atoms with E-state index in [0.717, 1.165) is 51.4 Å². The van der Waals surface area contributed by atoms with Crippen LogP contribution in [-0.4, -0.2) is 23.9 Å². The molecule has 0 aromatic carbocycles. The minimum atomic E-state index is -0.916. The molecule has 0 saturated heterocycles. The zero-order chi connectivity index (χ0) is 34.1. The molecule has 0 aliphatic heterocycles. The van der Waals surface area contributed by atoms with Gasteiger partial charge in [0.2, 0.25) is 0 Å². The first-order chi connectivity index (χ1) is 21.1. The summed E-state index contributed by atoms with van der Waals surface area (Å²) in [6.07, 6.45) is 27.8. The van der Waals surface area contributed by atoms with Gasteiger partial charge in [0.1, 0.15) is 0 Å². The van der Waals surface area contributed by atoms with Gasteiger partial charge in [-0.25, -0.2) is 0 Å². The Morgan fingerprint density at radius 3 is 0.556 bits per heavy atom. The molecule has 9 heteroatoms. The van der Waals surface area contributed by atoms with Crippen LogP contribution in [0.5, 0.6) is 0 Å². The van der Waals surface area contributed by atoms with E-state index >= 15 is 0 Å². The normalized spacial score (nSPS) is 9.69. The molecule has 0 aromatic rings. The van der Waals surface area contributed by atoms with E-state index in [2.05, 4.69) is 27.7 Å². The molecule has 0 unspecified atom stereocenters. The van der Waals surface area contributed by atoms with Crippen molar-refractivity contribution < 1.29 is 60.7 Å². The third-order valence-electron chi connectivity index (χ3n) is 6.94. The van der Waals surface area contributed by atoms with Gasteiger partial charge in [-0.3, -0.25) is 0 Å². The van der Waals surface area contributed by atoms with Crippen LogP contribution in [0.4, 0.5) is 0 Å². The molecular weight excluding hydrogens is 656 g/mol. The fourth-order valence-corrected chi connectivity index (χ4v) is 4.20. The molecule has 0 spiro atoms. The summed E-state index contributed by atoms with van der Waals surface area (Å²) in [6.45, 7) is 8.67. The van der Waals surface area contributed by atoms with Crippen LogP contribution in [0.1, 0.15) is 207 Å². The minimum absolute atomic E-state index is 0. The molecule has 0 heterocycles. The zero-order valence-electron chi connectivity index (χ0n) is 29.5. The van der Waals surface area contributed by atoms with Gasteiger partial charge >= 0.3 is 21.1 Å². The topological polar surface area (TPSA) is 161 Å². The molecule has 0 atom stereocenters. The second-order valence-electron chi connectivity index (χ2n) is 11.6. The van der Waals surface area contributed by atoms with Crippen LogP contribution in [0.2, 0.25) is 0 Å². The fraction of sp³-hybridized carbons (Fsp3) is 0.889. The smallest absolute Gasteiger partial charge is 0.550 e. The van der Waals surface area contributed by atoms with Gasteiger partial charge in [-0.15, -0.1) is 0 Å². The first kappa shape index (κ1) is 53.1. The van der Waals surface area contributed by atoms with Crippen LogP contribution in [0, 0.1) is 0 Å². The Morgan fingerprint density at radius 1 is 0.289 bits per heavy atom. The van der Waals surface area contributed by atoms with Gasteiger partial charge in [0.05, 0.1) is 0 Å². The Morgan fingerprint density at radius 2 is 0.422 bits per heavy atom. The van der Waals surface area contributed by atoms with E-state index in [1.165, 1.54) is 103 Å². The number of hydrogen-bond donors (Lipinski definition) is 0. The maximum Gasteiger partial charge on any atom is 4.00 e. The van der Waals surface area contributed by atoms with Crippen molar-refractivity contribution >= 4 is 23.9 Å². The van der Waals surface area contributed by atoms with Crippen LogP contribution in [0.15, 0.2) is 0 Å². The Kier molecular flexibility index (Phi) is 58.3. The molecule has 266 valence electrons. The summed E-state index contributed by atoms with van der Waals surface area (Å²) in [5, 5.41) is 39.9. The third kappa shape index (κ3) is 75.0. The number of carbonyl (C=O) groups excluding carboxylic acids is 4. The molecule has 8 nitrogen and oxygen atoms in total. The minimum Gasteiger partial charge on any atom is -0.550 e. The molecule has 0 rings (SSSR count). The van der Waals surface area contributed by atoms with Gasteiger partial charge in [0.25, 0.3) is 0 Å². The van der Waals surface area contributed by atoms with Crippen LogP contribution in [-0.2, 0) is 40.2 Å². The van der Waals surface area contributed by atoms with Crippen molar-refractivity contribution in [1.82, 2.24) is 0 Å². The average Bonchev–Trinajstić information content (AvgIpc) is 2.97. The predicted octanol–water partition coefficient (Wildman–Crippen LogP) is 5.95. The van der Waals surface area contributed by atoms with E-state index in [0.29, 0.717) is 0 Å². The van der Waals surface area contributed by atoms with E-state index < -0.39 is 23.9 Å². The number of carboxylic acids is 4. The average molecular weight is 725 g/mol. The fourth-order valence-electron chi connectivity index (χ4n) is 4.20. The van der Waals surface area contributed by atoms with Gasteiger partial charge in [-0.1, -0.05) is 156 Å². The predicted molar refractivity (Wildman–Crippen MR) is 172 cm³/mol. The van der Waals surface area contributed by atoms with Crippen molar-refractivity contribution in [3.05, 3.63) is 0 Å². The zero-order valence-corrected chi connectivity index (χ0v) is 31.5. The first-order valence-corrected chi connectivity index (χ1v) is 17.9. The molecule has 0 amide bonds. The monoisotopic (exact) mass is 726 g/mol. The van der Waals surface area contributed by atoms with Gasteiger partial charge in [0.15, 0.2) is 0 Å². The second-order valence-corrected chi connectivity index (χ2v) is 11.6. The molecule has 0 aromatic heterocycles. The molecule has 0 bridgehead atoms. The Labute approximate surface area is 291 Å². The molecule has 0 aliphatic carbocycles. The van der Waals surface area contributed by atoms with Gasteiger partial charge < -0.3 is 39.6 Å². The largest absolute Gasteiger partial charge is 4.00 e. The number of carbonyl (C=O) groups is 4. The van der Waals surface area contributed by atoms with Crippen LogP contribution in [0.3, 0.4) is 0 Å². The number of hydrogen-bond acceptors (Lipinski definition) is 8. The van der Waals surface area contributed by atoms with Crippen LogP contribution in [0.25, 0.3) is 0 Å². The Hall–Kier alpha value is -1.43. The Bertz CT molecular complexity index is 510. The summed E-state index contributed by atoms with van der Waals surface area (Å²) >= 11 is 0. The van der Waals surface area contributed by atoms with E-state index in [9.17, 15) is 39.6 Å². The van der Waals surface area contributed by atoms with Crippen LogP contribution < -0.4 is 20.4 Å². The van der Waals surface area contributed by atoms with Crippen LogP contribution >= 0.6 is 0 Å². The molecule has 0 saturated carbocycles. The number of carboxylic acid groups (broad SMARTS) is 4. The maximum absolute atomic E-state index is 9.98. The molecule has 0 aliphatic rings.